The third kappa shape index (κ3) is 2.67. The molecule has 2 N–H and O–H groups in total. The van der Waals surface area contributed by atoms with Crippen LogP contribution >= 0.6 is 15.9 Å². The minimum Gasteiger partial charge on any atom is -0.398 e. The highest BCUT2D eigenvalue weighted by molar-refractivity contribution is 9.10. The number of hydrogen-bond acceptors (Lipinski definition) is 3. The molecule has 0 bridgehead atoms. The Morgan fingerprint density at radius 2 is 2.39 bits per heavy atom. The molecule has 1 amide bonds. The Kier molecular flexibility index (Phi) is 4.24. The molecule has 1 aromatic rings. The first-order valence-electron chi connectivity index (χ1n) is 6.07. The van der Waals surface area contributed by atoms with Crippen molar-refractivity contribution < 1.29 is 9.53 Å². The number of ether oxygens (including phenoxy) is 1. The maximum Gasteiger partial charge on any atom is 0.254 e. The monoisotopic (exact) mass is 312 g/mol. The Bertz CT molecular complexity index is 451. The number of amides is 1. The second-order valence-corrected chi connectivity index (χ2v) is 5.23. The predicted octanol–water partition coefficient (Wildman–Crippen LogP) is 2.28. The van der Waals surface area contributed by atoms with E-state index in [2.05, 4.69) is 22.9 Å². The van der Waals surface area contributed by atoms with Gasteiger partial charge in [0, 0.05) is 22.3 Å². The largest absolute Gasteiger partial charge is 0.398 e. The molecule has 18 heavy (non-hydrogen) atoms. The lowest BCUT2D eigenvalue weighted by atomic mass is 10.1. The van der Waals surface area contributed by atoms with Gasteiger partial charge in [-0.15, -0.1) is 0 Å². The van der Waals surface area contributed by atoms with Crippen molar-refractivity contribution in [2.45, 2.75) is 19.4 Å². The van der Waals surface area contributed by atoms with Crippen LogP contribution in [0.4, 0.5) is 5.69 Å². The maximum absolute atomic E-state index is 12.4. The Morgan fingerprint density at radius 1 is 1.61 bits per heavy atom. The van der Waals surface area contributed by atoms with Crippen LogP contribution in [0.1, 0.15) is 23.7 Å². The fraction of sp³-hybridized carbons (Fsp3) is 0.462. The van der Waals surface area contributed by atoms with Crippen LogP contribution < -0.4 is 5.73 Å². The van der Waals surface area contributed by atoms with E-state index >= 15 is 0 Å². The number of hydrogen-bond donors (Lipinski definition) is 1. The first-order valence-corrected chi connectivity index (χ1v) is 6.86. The highest BCUT2D eigenvalue weighted by Gasteiger charge is 2.26. The number of carbonyl (C=O) groups is 1. The SMILES string of the molecule is CCC1COCCN1C(=O)c1ccc(N)c(Br)c1. The number of nitrogen functional groups attached to an aromatic ring is 1. The van der Waals surface area contributed by atoms with Gasteiger partial charge in [-0.3, -0.25) is 4.79 Å². The lowest BCUT2D eigenvalue weighted by Gasteiger charge is -2.35. The van der Waals surface area contributed by atoms with Crippen LogP contribution in [0.25, 0.3) is 0 Å². The van der Waals surface area contributed by atoms with Gasteiger partial charge in [-0.25, -0.2) is 0 Å². The fourth-order valence-electron chi connectivity index (χ4n) is 2.09. The number of nitrogens with two attached hydrogens (primary N) is 1. The third-order valence-electron chi connectivity index (χ3n) is 3.21. The van der Waals surface area contributed by atoms with Gasteiger partial charge >= 0.3 is 0 Å². The van der Waals surface area contributed by atoms with E-state index in [-0.39, 0.29) is 11.9 Å². The summed E-state index contributed by atoms with van der Waals surface area (Å²) in [7, 11) is 0. The van der Waals surface area contributed by atoms with Gasteiger partial charge in [0.05, 0.1) is 19.3 Å². The highest BCUT2D eigenvalue weighted by Crippen LogP contribution is 2.22. The van der Waals surface area contributed by atoms with Gasteiger partial charge in [-0.1, -0.05) is 6.92 Å². The van der Waals surface area contributed by atoms with E-state index < -0.39 is 0 Å². The van der Waals surface area contributed by atoms with Gasteiger partial charge in [-0.2, -0.15) is 0 Å². The third-order valence-corrected chi connectivity index (χ3v) is 3.89. The van der Waals surface area contributed by atoms with Gasteiger partial charge < -0.3 is 15.4 Å². The highest BCUT2D eigenvalue weighted by atomic mass is 79.9. The van der Waals surface area contributed by atoms with Gasteiger partial charge in [0.15, 0.2) is 0 Å². The summed E-state index contributed by atoms with van der Waals surface area (Å²) >= 11 is 3.35. The predicted molar refractivity (Wildman–Crippen MR) is 74.5 cm³/mol. The summed E-state index contributed by atoms with van der Waals surface area (Å²) < 4.78 is 6.17. The number of nitrogens with zero attached hydrogens (tertiary/aromatic N) is 1. The van der Waals surface area contributed by atoms with Crippen LogP contribution in [-0.4, -0.2) is 36.6 Å². The van der Waals surface area contributed by atoms with Crippen molar-refractivity contribution in [3.8, 4) is 0 Å². The van der Waals surface area contributed by atoms with Crippen LogP contribution in [0, 0.1) is 0 Å². The number of carbonyl (C=O) groups excluding carboxylic acids is 1. The summed E-state index contributed by atoms with van der Waals surface area (Å²) in [5, 5.41) is 0. The van der Waals surface area contributed by atoms with Gasteiger partial charge in [-0.05, 0) is 40.5 Å². The van der Waals surface area contributed by atoms with E-state index in [0.717, 1.165) is 10.9 Å². The van der Waals surface area contributed by atoms with Gasteiger partial charge in [0.25, 0.3) is 5.91 Å². The zero-order valence-corrected chi connectivity index (χ0v) is 11.9. The average molecular weight is 313 g/mol. The molecule has 4 nitrogen and oxygen atoms in total. The Balaban J connectivity index is 2.21. The quantitative estimate of drug-likeness (QED) is 0.852. The topological polar surface area (TPSA) is 55.6 Å². The minimum absolute atomic E-state index is 0.0471. The smallest absolute Gasteiger partial charge is 0.254 e. The minimum atomic E-state index is 0.0471. The van der Waals surface area contributed by atoms with Gasteiger partial charge in [0.2, 0.25) is 0 Å². The molecule has 0 spiro atoms. The number of anilines is 1. The standard InChI is InChI=1S/C13H17BrN2O2/c1-2-10-8-18-6-5-16(10)13(17)9-3-4-12(15)11(14)7-9/h3-4,7,10H,2,5-6,8,15H2,1H3. The molecule has 0 aromatic heterocycles. The maximum atomic E-state index is 12.4. The summed E-state index contributed by atoms with van der Waals surface area (Å²) in [5.41, 5.74) is 7.03. The zero-order chi connectivity index (χ0) is 13.1. The lowest BCUT2D eigenvalue weighted by molar-refractivity contribution is -0.00280. The molecule has 1 unspecified atom stereocenters. The van der Waals surface area contributed by atoms with Crippen LogP contribution in [0.2, 0.25) is 0 Å². The van der Waals surface area contributed by atoms with E-state index in [0.29, 0.717) is 31.0 Å². The second kappa shape index (κ2) is 5.71. The van der Waals surface area contributed by atoms with Crippen molar-refractivity contribution in [1.82, 2.24) is 4.90 Å². The van der Waals surface area contributed by atoms with Crippen LogP contribution in [0.15, 0.2) is 22.7 Å². The average Bonchev–Trinajstić information content (AvgIpc) is 2.41. The lowest BCUT2D eigenvalue weighted by Crippen LogP contribution is -2.48. The van der Waals surface area contributed by atoms with E-state index in [1.165, 1.54) is 0 Å². The molecule has 1 aliphatic rings. The van der Waals surface area contributed by atoms with Crippen molar-refractivity contribution in [2.24, 2.45) is 0 Å². The summed E-state index contributed by atoms with van der Waals surface area (Å²) in [4.78, 5) is 14.3. The molecule has 1 aromatic carbocycles. The fourth-order valence-corrected chi connectivity index (χ4v) is 2.47. The van der Waals surface area contributed by atoms with Crippen molar-refractivity contribution in [3.63, 3.8) is 0 Å². The molecule has 1 atom stereocenters. The summed E-state index contributed by atoms with van der Waals surface area (Å²) in [5.74, 6) is 0.0471. The molecule has 2 rings (SSSR count). The van der Waals surface area contributed by atoms with Gasteiger partial charge in [0.1, 0.15) is 0 Å². The van der Waals surface area contributed by atoms with Crippen molar-refractivity contribution in [2.75, 3.05) is 25.5 Å². The first-order chi connectivity index (χ1) is 8.63. The molecule has 0 aliphatic carbocycles. The van der Waals surface area contributed by atoms with E-state index in [1.54, 1.807) is 18.2 Å². The molecule has 1 aliphatic heterocycles. The Hall–Kier alpha value is -1.07. The van der Waals surface area contributed by atoms with Crippen molar-refractivity contribution in [1.29, 1.82) is 0 Å². The van der Waals surface area contributed by atoms with E-state index in [9.17, 15) is 4.79 Å². The normalized spacial score (nSPS) is 19.9. The molecule has 98 valence electrons. The number of morpholine rings is 1. The number of benzene rings is 1. The van der Waals surface area contributed by atoms with Crippen LogP contribution in [-0.2, 0) is 4.74 Å². The molecular formula is C13H17BrN2O2. The molecule has 1 fully saturated rings. The van der Waals surface area contributed by atoms with Crippen molar-refractivity contribution in [3.05, 3.63) is 28.2 Å². The van der Waals surface area contributed by atoms with Crippen LogP contribution in [0.3, 0.4) is 0 Å². The first kappa shape index (κ1) is 13.4. The molecule has 1 heterocycles. The Morgan fingerprint density at radius 3 is 3.06 bits per heavy atom. The molecule has 0 saturated carbocycles. The number of rotatable bonds is 2. The summed E-state index contributed by atoms with van der Waals surface area (Å²) in [6.45, 7) is 3.95. The van der Waals surface area contributed by atoms with Crippen molar-refractivity contribution >= 4 is 27.5 Å². The second-order valence-electron chi connectivity index (χ2n) is 4.37. The molecule has 1 saturated heterocycles. The Labute approximate surface area is 115 Å². The summed E-state index contributed by atoms with van der Waals surface area (Å²) in [6, 6.07) is 5.46. The van der Waals surface area contributed by atoms with Crippen LogP contribution in [0.5, 0.6) is 0 Å². The summed E-state index contributed by atoms with van der Waals surface area (Å²) in [6.07, 6.45) is 0.905. The molecule has 0 radical (unpaired) electrons. The van der Waals surface area contributed by atoms with E-state index in [4.69, 9.17) is 10.5 Å². The zero-order valence-electron chi connectivity index (χ0n) is 10.4. The molecule has 5 heteroatoms. The number of halogens is 1. The van der Waals surface area contributed by atoms with E-state index in [1.807, 2.05) is 4.90 Å². The molecular weight excluding hydrogens is 296 g/mol.